The minimum Gasteiger partial charge on any atom is -0.478 e. The van der Waals surface area contributed by atoms with Gasteiger partial charge in [0, 0.05) is 19.2 Å². The van der Waals surface area contributed by atoms with Crippen LogP contribution in [0.1, 0.15) is 23.2 Å². The van der Waals surface area contributed by atoms with Crippen molar-refractivity contribution in [3.63, 3.8) is 0 Å². The van der Waals surface area contributed by atoms with Crippen LogP contribution in [0.5, 0.6) is 0 Å². The third-order valence-electron chi connectivity index (χ3n) is 3.13. The van der Waals surface area contributed by atoms with E-state index in [1.807, 2.05) is 0 Å². The van der Waals surface area contributed by atoms with Crippen molar-refractivity contribution in [1.82, 2.24) is 4.98 Å². The molecule has 1 aliphatic rings. The van der Waals surface area contributed by atoms with Gasteiger partial charge in [0.25, 0.3) is 5.69 Å². The van der Waals surface area contributed by atoms with Crippen molar-refractivity contribution in [2.45, 2.75) is 12.8 Å². The first-order valence-corrected chi connectivity index (χ1v) is 6.27. The van der Waals surface area contributed by atoms with Gasteiger partial charge in [0.15, 0.2) is 0 Å². The van der Waals surface area contributed by atoms with Gasteiger partial charge in [0.2, 0.25) is 0 Å². The predicted octanol–water partition coefficient (Wildman–Crippen LogP) is 1.53. The standard InChI is InChI=1S/C12H15N3O5/c16-12(17)10-4-9(15(18)19)6-14-11(10)13-5-8-2-1-3-20-7-8/h4,6,8H,1-3,5,7H2,(H,13,14)(H,16,17). The Morgan fingerprint density at radius 2 is 2.45 bits per heavy atom. The summed E-state index contributed by atoms with van der Waals surface area (Å²) in [6, 6.07) is 1.01. The van der Waals surface area contributed by atoms with Gasteiger partial charge in [-0.25, -0.2) is 9.78 Å². The number of pyridine rings is 1. The second-order valence-corrected chi connectivity index (χ2v) is 4.62. The molecule has 20 heavy (non-hydrogen) atoms. The number of aromatic nitrogens is 1. The van der Waals surface area contributed by atoms with E-state index in [-0.39, 0.29) is 17.1 Å². The Kier molecular flexibility index (Phi) is 4.46. The summed E-state index contributed by atoms with van der Waals surface area (Å²) in [5.41, 5.74) is -0.537. The molecule has 1 aliphatic heterocycles. The lowest BCUT2D eigenvalue weighted by Crippen LogP contribution is -2.25. The molecule has 1 aromatic rings. The quantitative estimate of drug-likeness (QED) is 0.621. The molecule has 0 spiro atoms. The molecule has 0 aliphatic carbocycles. The number of nitro groups is 1. The molecule has 108 valence electrons. The monoisotopic (exact) mass is 281 g/mol. The number of ether oxygens (including phenoxy) is 1. The van der Waals surface area contributed by atoms with Gasteiger partial charge in [-0.15, -0.1) is 0 Å². The van der Waals surface area contributed by atoms with Crippen LogP contribution in [0.2, 0.25) is 0 Å². The van der Waals surface area contributed by atoms with Gasteiger partial charge in [-0.05, 0) is 18.8 Å². The third kappa shape index (κ3) is 3.41. The van der Waals surface area contributed by atoms with Crippen molar-refractivity contribution in [3.05, 3.63) is 27.9 Å². The predicted molar refractivity (Wildman–Crippen MR) is 69.9 cm³/mol. The number of aromatic carboxylic acids is 1. The largest absolute Gasteiger partial charge is 0.478 e. The molecule has 1 aromatic heterocycles. The van der Waals surface area contributed by atoms with Gasteiger partial charge in [-0.3, -0.25) is 10.1 Å². The van der Waals surface area contributed by atoms with Gasteiger partial charge in [-0.1, -0.05) is 0 Å². The average Bonchev–Trinajstić information content (AvgIpc) is 2.45. The fourth-order valence-corrected chi connectivity index (χ4v) is 2.07. The van der Waals surface area contributed by atoms with Crippen LogP contribution in [0.15, 0.2) is 12.3 Å². The van der Waals surface area contributed by atoms with Crippen molar-refractivity contribution in [2.24, 2.45) is 5.92 Å². The highest BCUT2D eigenvalue weighted by Gasteiger charge is 2.19. The number of carbonyl (C=O) groups is 1. The van der Waals surface area contributed by atoms with Gasteiger partial charge < -0.3 is 15.2 Å². The fourth-order valence-electron chi connectivity index (χ4n) is 2.07. The lowest BCUT2D eigenvalue weighted by molar-refractivity contribution is -0.385. The molecular formula is C12H15N3O5. The first kappa shape index (κ1) is 14.2. The Morgan fingerprint density at radius 3 is 3.05 bits per heavy atom. The van der Waals surface area contributed by atoms with Crippen molar-refractivity contribution in [2.75, 3.05) is 25.1 Å². The van der Waals surface area contributed by atoms with Crippen LogP contribution in [0, 0.1) is 16.0 Å². The SMILES string of the molecule is O=C(O)c1cc([N+](=O)[O-])cnc1NCC1CCCOC1. The minimum atomic E-state index is -1.25. The summed E-state index contributed by atoms with van der Waals surface area (Å²) in [6.45, 7) is 1.92. The maximum absolute atomic E-state index is 11.1. The molecule has 1 atom stereocenters. The summed E-state index contributed by atoms with van der Waals surface area (Å²) >= 11 is 0. The molecule has 0 aromatic carbocycles. The van der Waals surface area contributed by atoms with Gasteiger partial charge in [0.1, 0.15) is 17.6 Å². The van der Waals surface area contributed by atoms with Crippen LogP contribution in [0.4, 0.5) is 11.5 Å². The molecule has 1 saturated heterocycles. The Labute approximate surface area is 114 Å². The first-order valence-electron chi connectivity index (χ1n) is 6.27. The molecular weight excluding hydrogens is 266 g/mol. The summed E-state index contributed by atoms with van der Waals surface area (Å²) in [5.74, 6) is -0.806. The fraction of sp³-hybridized carbons (Fsp3) is 0.500. The second-order valence-electron chi connectivity index (χ2n) is 4.62. The van der Waals surface area contributed by atoms with Crippen molar-refractivity contribution < 1.29 is 19.6 Å². The molecule has 2 rings (SSSR count). The molecule has 2 N–H and O–H groups in total. The Morgan fingerprint density at radius 1 is 1.65 bits per heavy atom. The maximum atomic E-state index is 11.1. The van der Waals surface area contributed by atoms with Crippen molar-refractivity contribution in [3.8, 4) is 0 Å². The van der Waals surface area contributed by atoms with Crippen LogP contribution < -0.4 is 5.32 Å². The van der Waals surface area contributed by atoms with Crippen molar-refractivity contribution in [1.29, 1.82) is 0 Å². The second kappa shape index (κ2) is 6.29. The third-order valence-corrected chi connectivity index (χ3v) is 3.13. The summed E-state index contributed by atoms with van der Waals surface area (Å²) in [5, 5.41) is 22.6. The molecule has 1 unspecified atom stereocenters. The van der Waals surface area contributed by atoms with E-state index in [0.717, 1.165) is 31.7 Å². The number of hydrogen-bond acceptors (Lipinski definition) is 6. The minimum absolute atomic E-state index is 0.147. The number of hydrogen-bond donors (Lipinski definition) is 2. The molecule has 1 fully saturated rings. The van der Waals surface area contributed by atoms with E-state index in [1.165, 1.54) is 0 Å². The molecule has 2 heterocycles. The lowest BCUT2D eigenvalue weighted by Gasteiger charge is -2.22. The van der Waals surface area contributed by atoms with Crippen molar-refractivity contribution >= 4 is 17.5 Å². The zero-order chi connectivity index (χ0) is 14.5. The van der Waals surface area contributed by atoms with Gasteiger partial charge >= 0.3 is 5.97 Å². The Hall–Kier alpha value is -2.22. The first-order chi connectivity index (χ1) is 9.58. The summed E-state index contributed by atoms with van der Waals surface area (Å²) in [4.78, 5) is 24.9. The highest BCUT2D eigenvalue weighted by Crippen LogP contribution is 2.20. The number of nitrogens with zero attached hydrogens (tertiary/aromatic N) is 2. The van der Waals surface area contributed by atoms with E-state index in [4.69, 9.17) is 9.84 Å². The lowest BCUT2D eigenvalue weighted by atomic mass is 10.0. The van der Waals surface area contributed by atoms with Gasteiger partial charge in [0.05, 0.1) is 11.5 Å². The summed E-state index contributed by atoms with van der Waals surface area (Å²) < 4.78 is 5.33. The van der Waals surface area contributed by atoms with Crippen LogP contribution in [0.25, 0.3) is 0 Å². The molecule has 8 heteroatoms. The smallest absolute Gasteiger partial charge is 0.339 e. The van der Waals surface area contributed by atoms with E-state index in [2.05, 4.69) is 10.3 Å². The van der Waals surface area contributed by atoms with E-state index < -0.39 is 10.9 Å². The number of carboxylic acids is 1. The highest BCUT2D eigenvalue weighted by atomic mass is 16.6. The summed E-state index contributed by atoms with van der Waals surface area (Å²) in [6.07, 6.45) is 3.03. The zero-order valence-corrected chi connectivity index (χ0v) is 10.7. The molecule has 8 nitrogen and oxygen atoms in total. The highest BCUT2D eigenvalue weighted by molar-refractivity contribution is 5.93. The number of carboxylic acid groups (broad SMARTS) is 1. The number of rotatable bonds is 5. The summed E-state index contributed by atoms with van der Waals surface area (Å²) in [7, 11) is 0. The van der Waals surface area contributed by atoms with E-state index in [0.29, 0.717) is 19.1 Å². The average molecular weight is 281 g/mol. The Bertz CT molecular complexity index is 514. The number of anilines is 1. The topological polar surface area (TPSA) is 115 Å². The zero-order valence-electron chi connectivity index (χ0n) is 10.7. The van der Waals surface area contributed by atoms with E-state index in [1.54, 1.807) is 0 Å². The van der Waals surface area contributed by atoms with Crippen LogP contribution in [-0.2, 0) is 4.74 Å². The molecule has 0 amide bonds. The molecule has 0 saturated carbocycles. The van der Waals surface area contributed by atoms with E-state index in [9.17, 15) is 14.9 Å². The maximum Gasteiger partial charge on any atom is 0.339 e. The van der Waals surface area contributed by atoms with Crippen LogP contribution in [0.3, 0.4) is 0 Å². The Balaban J connectivity index is 2.09. The molecule has 0 radical (unpaired) electrons. The van der Waals surface area contributed by atoms with Crippen LogP contribution >= 0.6 is 0 Å². The number of nitrogens with one attached hydrogen (secondary N) is 1. The van der Waals surface area contributed by atoms with E-state index >= 15 is 0 Å². The van der Waals surface area contributed by atoms with Crippen LogP contribution in [-0.4, -0.2) is 40.7 Å². The normalized spacial score (nSPS) is 18.5. The molecule has 0 bridgehead atoms. The van der Waals surface area contributed by atoms with Gasteiger partial charge in [-0.2, -0.15) is 0 Å².